The summed E-state index contributed by atoms with van der Waals surface area (Å²) in [6.07, 6.45) is 1.61. The maximum atomic E-state index is 14.7. The van der Waals surface area contributed by atoms with Gasteiger partial charge in [0.05, 0.1) is 7.11 Å². The first-order valence-electron chi connectivity index (χ1n) is 7.67. The van der Waals surface area contributed by atoms with Crippen LogP contribution in [0.3, 0.4) is 0 Å². The number of ether oxygens (including phenoxy) is 2. The Balaban J connectivity index is 2.05. The van der Waals surface area contributed by atoms with Crippen LogP contribution >= 0.6 is 0 Å². The number of benzene rings is 1. The lowest BCUT2D eigenvalue weighted by Gasteiger charge is -2.19. The molecule has 1 aliphatic heterocycles. The highest BCUT2D eigenvalue weighted by atomic mass is 19.2. The van der Waals surface area contributed by atoms with Crippen molar-refractivity contribution in [1.29, 1.82) is 0 Å². The summed E-state index contributed by atoms with van der Waals surface area (Å²) in [6, 6.07) is 5.75. The zero-order valence-electron chi connectivity index (χ0n) is 13.4. The van der Waals surface area contributed by atoms with Crippen LogP contribution in [0.1, 0.15) is 23.2 Å². The number of nitrogens with zero attached hydrogens (tertiary/aromatic N) is 2. The molecule has 2 aromatic rings. The van der Waals surface area contributed by atoms with Crippen molar-refractivity contribution in [2.75, 3.05) is 25.1 Å². The summed E-state index contributed by atoms with van der Waals surface area (Å²) in [5.41, 5.74) is -0.0382. The van der Waals surface area contributed by atoms with Crippen molar-refractivity contribution in [1.82, 2.24) is 4.98 Å². The van der Waals surface area contributed by atoms with Gasteiger partial charge in [-0.05, 0) is 25.0 Å². The Hall–Kier alpha value is -2.77. The molecule has 1 aromatic heterocycles. The van der Waals surface area contributed by atoms with E-state index < -0.39 is 29.3 Å². The highest BCUT2D eigenvalue weighted by molar-refractivity contribution is 5.92. The van der Waals surface area contributed by atoms with Gasteiger partial charge in [0.25, 0.3) is 5.95 Å². The van der Waals surface area contributed by atoms with Gasteiger partial charge in [0, 0.05) is 13.1 Å². The second-order valence-corrected chi connectivity index (χ2v) is 5.47. The molecule has 0 aliphatic carbocycles. The molecule has 25 heavy (non-hydrogen) atoms. The van der Waals surface area contributed by atoms with Gasteiger partial charge in [-0.15, -0.1) is 0 Å². The van der Waals surface area contributed by atoms with Crippen LogP contribution in [0.2, 0.25) is 0 Å². The maximum absolute atomic E-state index is 14.7. The van der Waals surface area contributed by atoms with Crippen molar-refractivity contribution in [2.24, 2.45) is 0 Å². The number of aromatic nitrogens is 1. The van der Waals surface area contributed by atoms with Gasteiger partial charge in [-0.25, -0.2) is 4.79 Å². The number of anilines is 1. The fourth-order valence-corrected chi connectivity index (χ4v) is 2.65. The van der Waals surface area contributed by atoms with Crippen LogP contribution in [0, 0.1) is 17.6 Å². The Morgan fingerprint density at radius 3 is 2.48 bits per heavy atom. The lowest BCUT2D eigenvalue weighted by Crippen LogP contribution is -2.22. The fraction of sp³-hybridized carbons (Fsp3) is 0.294. The summed E-state index contributed by atoms with van der Waals surface area (Å²) in [5.74, 6) is -6.27. The number of para-hydroxylation sites is 1. The standard InChI is InChI=1S/C17H15F3N2O3/c1-24-17(23)10-6-2-3-7-11(10)25-14-12(18)15(20)21-16(13(14)19)22-8-4-5-9-22/h2-3,6-7H,4-5,8-9H2,1H3. The van der Waals surface area contributed by atoms with E-state index in [2.05, 4.69) is 9.72 Å². The van der Waals surface area contributed by atoms with Gasteiger partial charge in [-0.2, -0.15) is 18.2 Å². The van der Waals surface area contributed by atoms with Crippen LogP contribution in [0.4, 0.5) is 19.0 Å². The largest absolute Gasteiger partial charge is 0.465 e. The minimum atomic E-state index is -1.56. The molecule has 0 bridgehead atoms. The number of carbonyl (C=O) groups excluding carboxylic acids is 1. The predicted molar refractivity (Wildman–Crippen MR) is 83.4 cm³/mol. The minimum Gasteiger partial charge on any atom is -0.465 e. The van der Waals surface area contributed by atoms with Crippen LogP contribution in [-0.4, -0.2) is 31.2 Å². The minimum absolute atomic E-state index is 0.0382. The molecule has 5 nitrogen and oxygen atoms in total. The van der Waals surface area contributed by atoms with E-state index in [9.17, 15) is 18.0 Å². The summed E-state index contributed by atoms with van der Waals surface area (Å²) in [6.45, 7) is 0.986. The summed E-state index contributed by atoms with van der Waals surface area (Å²) in [7, 11) is 1.16. The summed E-state index contributed by atoms with van der Waals surface area (Å²) in [5, 5.41) is 0. The molecule has 0 spiro atoms. The molecule has 1 aliphatic rings. The molecule has 1 fully saturated rings. The van der Waals surface area contributed by atoms with Crippen molar-refractivity contribution in [3.05, 3.63) is 47.4 Å². The van der Waals surface area contributed by atoms with E-state index in [1.165, 1.54) is 29.2 Å². The fourth-order valence-electron chi connectivity index (χ4n) is 2.65. The summed E-state index contributed by atoms with van der Waals surface area (Å²) >= 11 is 0. The van der Waals surface area contributed by atoms with Crippen LogP contribution in [-0.2, 0) is 4.74 Å². The molecule has 0 radical (unpaired) electrons. The molecule has 3 rings (SSSR count). The molecule has 0 saturated carbocycles. The summed E-state index contributed by atoms with van der Waals surface area (Å²) < 4.78 is 52.5. The molecule has 0 amide bonds. The normalized spacial score (nSPS) is 13.8. The molecular formula is C17H15F3N2O3. The monoisotopic (exact) mass is 352 g/mol. The van der Waals surface area contributed by atoms with Crippen molar-refractivity contribution >= 4 is 11.8 Å². The predicted octanol–water partition coefficient (Wildman–Crippen LogP) is 3.68. The van der Waals surface area contributed by atoms with E-state index in [1.54, 1.807) is 0 Å². The van der Waals surface area contributed by atoms with Gasteiger partial charge in [0.2, 0.25) is 17.4 Å². The topological polar surface area (TPSA) is 51.7 Å². The number of pyridine rings is 1. The Morgan fingerprint density at radius 2 is 1.80 bits per heavy atom. The Morgan fingerprint density at radius 1 is 1.12 bits per heavy atom. The third kappa shape index (κ3) is 3.24. The second kappa shape index (κ2) is 7.00. The highest BCUT2D eigenvalue weighted by Gasteiger charge is 2.28. The maximum Gasteiger partial charge on any atom is 0.341 e. The Labute approximate surface area is 142 Å². The number of halogens is 3. The first-order valence-corrected chi connectivity index (χ1v) is 7.67. The first kappa shape index (κ1) is 17.1. The van der Waals surface area contributed by atoms with Crippen LogP contribution in [0.25, 0.3) is 0 Å². The zero-order valence-corrected chi connectivity index (χ0v) is 13.4. The highest BCUT2D eigenvalue weighted by Crippen LogP contribution is 2.35. The Bertz CT molecular complexity index is 808. The van der Waals surface area contributed by atoms with Crippen molar-refractivity contribution in [3.63, 3.8) is 0 Å². The van der Waals surface area contributed by atoms with E-state index in [1.807, 2.05) is 0 Å². The lowest BCUT2D eigenvalue weighted by atomic mass is 10.2. The van der Waals surface area contributed by atoms with Crippen LogP contribution in [0.15, 0.2) is 24.3 Å². The van der Waals surface area contributed by atoms with Gasteiger partial charge < -0.3 is 14.4 Å². The lowest BCUT2D eigenvalue weighted by molar-refractivity contribution is 0.0597. The average Bonchev–Trinajstić information content (AvgIpc) is 3.16. The average molecular weight is 352 g/mol. The van der Waals surface area contributed by atoms with E-state index in [0.717, 1.165) is 20.0 Å². The molecule has 0 atom stereocenters. The molecule has 1 aromatic carbocycles. The Kier molecular flexibility index (Phi) is 4.78. The number of rotatable bonds is 4. The molecule has 8 heteroatoms. The third-order valence-electron chi connectivity index (χ3n) is 3.89. The van der Waals surface area contributed by atoms with Gasteiger partial charge in [-0.3, -0.25) is 0 Å². The van der Waals surface area contributed by atoms with Gasteiger partial charge in [-0.1, -0.05) is 12.1 Å². The molecule has 1 saturated heterocycles. The second-order valence-electron chi connectivity index (χ2n) is 5.47. The number of esters is 1. The molecule has 132 valence electrons. The molecular weight excluding hydrogens is 337 g/mol. The zero-order chi connectivity index (χ0) is 18.0. The van der Waals surface area contributed by atoms with E-state index in [0.29, 0.717) is 13.1 Å². The first-order chi connectivity index (χ1) is 12.0. The quantitative estimate of drug-likeness (QED) is 0.621. The number of hydrogen-bond donors (Lipinski definition) is 0. The molecule has 2 heterocycles. The van der Waals surface area contributed by atoms with Crippen molar-refractivity contribution in [3.8, 4) is 11.5 Å². The van der Waals surface area contributed by atoms with E-state index in [4.69, 9.17) is 4.74 Å². The van der Waals surface area contributed by atoms with Crippen LogP contribution < -0.4 is 9.64 Å². The molecule has 0 N–H and O–H groups in total. The van der Waals surface area contributed by atoms with Crippen molar-refractivity contribution in [2.45, 2.75) is 12.8 Å². The third-order valence-corrected chi connectivity index (χ3v) is 3.89. The van der Waals surface area contributed by atoms with Gasteiger partial charge in [0.15, 0.2) is 5.82 Å². The number of methoxy groups -OCH3 is 1. The summed E-state index contributed by atoms with van der Waals surface area (Å²) in [4.78, 5) is 16.6. The number of hydrogen-bond acceptors (Lipinski definition) is 5. The smallest absolute Gasteiger partial charge is 0.341 e. The van der Waals surface area contributed by atoms with Gasteiger partial charge >= 0.3 is 5.97 Å². The van der Waals surface area contributed by atoms with E-state index >= 15 is 0 Å². The van der Waals surface area contributed by atoms with Crippen LogP contribution in [0.5, 0.6) is 11.5 Å². The molecule has 0 unspecified atom stereocenters. The SMILES string of the molecule is COC(=O)c1ccccc1Oc1c(F)c(F)nc(N2CCCC2)c1F. The number of carbonyl (C=O) groups is 1. The van der Waals surface area contributed by atoms with E-state index in [-0.39, 0.29) is 17.1 Å². The van der Waals surface area contributed by atoms with Gasteiger partial charge in [0.1, 0.15) is 11.3 Å². The van der Waals surface area contributed by atoms with Crippen molar-refractivity contribution < 1.29 is 27.4 Å².